The van der Waals surface area contributed by atoms with E-state index >= 15 is 0 Å². The molecule has 0 bridgehead atoms. The molecule has 3 aliphatic heterocycles. The van der Waals surface area contributed by atoms with E-state index in [4.69, 9.17) is 14.5 Å². The standard InChI is InChI=1S/C46H47N7O6S/c1-26-12-16-33(17-13-26)48-39(55)25-36-43-51-50-30(5)52(43)46-40(27(2)29(4)60-46)42(49-36)32-14-18-34(19-15-32)59-24-8-23-58-22-7-10-31-9-6-11-35-41(31)45(57)53(44(35)56)37-20-21-38(54)47-28(37)3/h6,9,11-19,36-37H,3,7-8,10,20-25H2,1-2,4-5H3,(H,47,54)(H,48,55)/t36-,37?/m0/s1. The van der Waals surface area contributed by atoms with Crippen molar-refractivity contribution in [2.75, 3.05) is 25.1 Å². The van der Waals surface area contributed by atoms with E-state index in [0.717, 1.165) is 55.8 Å². The van der Waals surface area contributed by atoms with E-state index in [1.54, 1.807) is 23.5 Å². The van der Waals surface area contributed by atoms with Crippen molar-refractivity contribution in [1.82, 2.24) is 25.0 Å². The topological polar surface area (TPSA) is 157 Å². The second-order valence-electron chi connectivity index (χ2n) is 15.4. The number of nitrogens with zero attached hydrogens (tertiary/aromatic N) is 5. The van der Waals surface area contributed by atoms with Gasteiger partial charge < -0.3 is 20.1 Å². The lowest BCUT2D eigenvalue weighted by molar-refractivity contribution is -0.121. The minimum Gasteiger partial charge on any atom is -0.494 e. The van der Waals surface area contributed by atoms with Crippen LogP contribution in [0.2, 0.25) is 0 Å². The smallest absolute Gasteiger partial charge is 0.262 e. The first-order valence-corrected chi connectivity index (χ1v) is 21.1. The number of aliphatic imine (C=N–C) groups is 1. The number of thiophene rings is 1. The molecule has 2 atom stereocenters. The second kappa shape index (κ2) is 17.2. The highest BCUT2D eigenvalue weighted by Crippen LogP contribution is 2.40. The van der Waals surface area contributed by atoms with E-state index in [2.05, 4.69) is 41.3 Å². The Bertz CT molecular complexity index is 2540. The summed E-state index contributed by atoms with van der Waals surface area (Å²) in [5.41, 5.74) is 7.68. The molecule has 3 aliphatic rings. The lowest BCUT2D eigenvalue weighted by Gasteiger charge is -2.31. The summed E-state index contributed by atoms with van der Waals surface area (Å²) in [5, 5.41) is 15.6. The second-order valence-corrected chi connectivity index (χ2v) is 16.6. The summed E-state index contributed by atoms with van der Waals surface area (Å²) in [6, 6.07) is 19.9. The number of aryl methyl sites for hydroxylation is 4. The number of amides is 4. The van der Waals surface area contributed by atoms with E-state index in [-0.39, 0.29) is 36.5 Å². The maximum atomic E-state index is 13.5. The number of fused-ring (bicyclic) bond motifs is 4. The molecule has 1 saturated heterocycles. The predicted octanol–water partition coefficient (Wildman–Crippen LogP) is 7.29. The van der Waals surface area contributed by atoms with Crippen LogP contribution in [0.4, 0.5) is 5.69 Å². The van der Waals surface area contributed by atoms with Gasteiger partial charge in [0.25, 0.3) is 11.8 Å². The molecule has 3 aromatic carbocycles. The first-order chi connectivity index (χ1) is 29.0. The summed E-state index contributed by atoms with van der Waals surface area (Å²) >= 11 is 1.67. The third kappa shape index (κ3) is 8.04. The number of carbonyl (C=O) groups excluding carboxylic acids is 4. The minimum atomic E-state index is -0.564. The monoisotopic (exact) mass is 825 g/mol. The van der Waals surface area contributed by atoms with Crippen LogP contribution >= 0.6 is 11.3 Å². The molecule has 0 saturated carbocycles. The summed E-state index contributed by atoms with van der Waals surface area (Å²) in [6.45, 7) is 13.5. The number of nitrogens with one attached hydrogen (secondary N) is 2. The van der Waals surface area contributed by atoms with Crippen LogP contribution in [0.5, 0.6) is 5.75 Å². The maximum absolute atomic E-state index is 13.5. The van der Waals surface area contributed by atoms with E-state index in [1.807, 2.05) is 73.0 Å². The fraction of sp³-hybridized carbons (Fsp3) is 0.326. The van der Waals surface area contributed by atoms with Crippen molar-refractivity contribution in [2.45, 2.75) is 78.3 Å². The molecule has 308 valence electrons. The van der Waals surface area contributed by atoms with Crippen molar-refractivity contribution in [2.24, 2.45) is 4.99 Å². The average molecular weight is 826 g/mol. The summed E-state index contributed by atoms with van der Waals surface area (Å²) in [7, 11) is 0. The summed E-state index contributed by atoms with van der Waals surface area (Å²) < 4.78 is 14.0. The molecule has 2 N–H and O–H groups in total. The van der Waals surface area contributed by atoms with Gasteiger partial charge >= 0.3 is 0 Å². The number of carbonyl (C=O) groups is 4. The number of aromatic nitrogens is 3. The third-order valence-electron chi connectivity index (χ3n) is 11.2. The molecule has 13 nitrogen and oxygen atoms in total. The Kier molecular flexibility index (Phi) is 11.6. The Hall–Kier alpha value is -6.25. The number of hydrogen-bond donors (Lipinski definition) is 2. The van der Waals surface area contributed by atoms with Gasteiger partial charge in [-0.1, -0.05) is 36.4 Å². The first kappa shape index (κ1) is 40.5. The van der Waals surface area contributed by atoms with Crippen molar-refractivity contribution in [3.05, 3.63) is 134 Å². The zero-order valence-corrected chi connectivity index (χ0v) is 35.0. The molecule has 0 spiro atoms. The Balaban J connectivity index is 0.861. The van der Waals surface area contributed by atoms with Gasteiger partial charge in [-0.25, -0.2) is 0 Å². The summed E-state index contributed by atoms with van der Waals surface area (Å²) in [6.07, 6.45) is 2.64. The maximum Gasteiger partial charge on any atom is 0.262 e. The minimum absolute atomic E-state index is 0.0967. The van der Waals surface area contributed by atoms with Gasteiger partial charge in [-0.15, -0.1) is 21.5 Å². The molecule has 4 amide bonds. The molecule has 60 heavy (non-hydrogen) atoms. The third-order valence-corrected chi connectivity index (χ3v) is 12.4. The molecular weight excluding hydrogens is 779 g/mol. The lowest BCUT2D eigenvalue weighted by Crippen LogP contribution is -2.48. The number of ether oxygens (including phenoxy) is 2. The fourth-order valence-electron chi connectivity index (χ4n) is 7.99. The fourth-order valence-corrected chi connectivity index (χ4v) is 9.21. The lowest BCUT2D eigenvalue weighted by atomic mass is 9.99. The van der Waals surface area contributed by atoms with Crippen LogP contribution in [0.25, 0.3) is 5.00 Å². The molecule has 5 aromatic rings. The van der Waals surface area contributed by atoms with Crippen LogP contribution in [0.1, 0.15) is 103 Å². The average Bonchev–Trinajstić information content (AvgIpc) is 3.81. The van der Waals surface area contributed by atoms with E-state index in [0.29, 0.717) is 68.2 Å². The molecule has 8 rings (SSSR count). The highest BCUT2D eigenvalue weighted by Gasteiger charge is 2.43. The Morgan fingerprint density at radius 3 is 2.45 bits per heavy atom. The van der Waals surface area contributed by atoms with Crippen LogP contribution in [0, 0.1) is 27.7 Å². The zero-order valence-electron chi connectivity index (χ0n) is 34.2. The van der Waals surface area contributed by atoms with Gasteiger partial charge in [0.15, 0.2) is 5.82 Å². The molecule has 1 unspecified atom stereocenters. The summed E-state index contributed by atoms with van der Waals surface area (Å²) in [4.78, 5) is 59.6. The van der Waals surface area contributed by atoms with Crippen LogP contribution in [0.15, 0.2) is 84.0 Å². The quantitative estimate of drug-likeness (QED) is 0.0874. The molecule has 5 heterocycles. The SMILES string of the molecule is C=C1NC(=O)CCC1N1C(=O)c2cccc(CCCOCCCOc3ccc(C4=N[C@@H](CC(=O)Nc5ccc(C)cc5)c5nnc(C)n5-c5sc(C)c(C)c54)cc3)c2C1=O. The molecule has 2 aromatic heterocycles. The van der Waals surface area contributed by atoms with Crippen LogP contribution in [0.3, 0.4) is 0 Å². The van der Waals surface area contributed by atoms with Crippen molar-refractivity contribution < 1.29 is 28.7 Å². The molecule has 0 aliphatic carbocycles. The van der Waals surface area contributed by atoms with Gasteiger partial charge in [0.05, 0.1) is 35.9 Å². The Labute approximate surface area is 352 Å². The highest BCUT2D eigenvalue weighted by atomic mass is 32.1. The zero-order chi connectivity index (χ0) is 42.1. The number of anilines is 1. The van der Waals surface area contributed by atoms with Crippen molar-refractivity contribution >= 4 is 46.4 Å². The van der Waals surface area contributed by atoms with Gasteiger partial charge in [0, 0.05) is 53.4 Å². The van der Waals surface area contributed by atoms with Crippen LogP contribution in [-0.2, 0) is 20.7 Å². The molecule has 0 radical (unpaired) electrons. The van der Waals surface area contributed by atoms with E-state index in [1.165, 1.54) is 9.78 Å². The summed E-state index contributed by atoms with van der Waals surface area (Å²) in [5.74, 6) is 1.08. The largest absolute Gasteiger partial charge is 0.494 e. The van der Waals surface area contributed by atoms with Crippen LogP contribution in [-0.4, -0.2) is 74.9 Å². The highest BCUT2D eigenvalue weighted by molar-refractivity contribution is 7.15. The number of rotatable bonds is 14. The van der Waals surface area contributed by atoms with Gasteiger partial charge in [-0.05, 0) is 101 Å². The van der Waals surface area contributed by atoms with Crippen molar-refractivity contribution in [1.29, 1.82) is 0 Å². The van der Waals surface area contributed by atoms with Gasteiger partial charge in [0.2, 0.25) is 11.8 Å². The first-order valence-electron chi connectivity index (χ1n) is 20.2. The number of imide groups is 1. The van der Waals surface area contributed by atoms with Crippen molar-refractivity contribution in [3.8, 4) is 10.8 Å². The van der Waals surface area contributed by atoms with Gasteiger partial charge in [0.1, 0.15) is 22.6 Å². The van der Waals surface area contributed by atoms with Gasteiger partial charge in [-0.2, -0.15) is 0 Å². The number of benzene rings is 3. The Morgan fingerprint density at radius 1 is 0.917 bits per heavy atom. The van der Waals surface area contributed by atoms with Gasteiger partial charge in [-0.3, -0.25) is 33.6 Å². The molecule has 1 fully saturated rings. The van der Waals surface area contributed by atoms with Crippen molar-refractivity contribution in [3.63, 3.8) is 0 Å². The van der Waals surface area contributed by atoms with E-state index < -0.39 is 12.1 Å². The molecule has 14 heteroatoms. The predicted molar refractivity (Wildman–Crippen MR) is 229 cm³/mol. The molecular formula is C46H47N7O6S. The number of piperidine rings is 1. The Morgan fingerprint density at radius 2 is 1.68 bits per heavy atom. The van der Waals surface area contributed by atoms with Crippen LogP contribution < -0.4 is 15.4 Å². The van der Waals surface area contributed by atoms with E-state index in [9.17, 15) is 19.2 Å². The normalized spacial score (nSPS) is 17.1. The number of hydrogen-bond acceptors (Lipinski definition) is 10.